The molecule has 0 unspecified atom stereocenters. The van der Waals surface area contributed by atoms with Crippen molar-refractivity contribution < 1.29 is 0 Å². The largest absolute Gasteiger partial charge is 0.289 e. The Balaban J connectivity index is 2.26. The van der Waals surface area contributed by atoms with Gasteiger partial charge in [0, 0.05) is 29.4 Å². The molecule has 0 bridgehead atoms. The monoisotopic (exact) mass is 196 g/mol. The van der Waals surface area contributed by atoms with Crippen LogP contribution in [0.5, 0.6) is 0 Å². The molecular weight excluding hydrogens is 184 g/mol. The van der Waals surface area contributed by atoms with E-state index in [2.05, 4.69) is 28.2 Å². The minimum Gasteiger partial charge on any atom is -0.289 e. The molecule has 2 nitrogen and oxygen atoms in total. The lowest BCUT2D eigenvalue weighted by molar-refractivity contribution is 0.951. The van der Waals surface area contributed by atoms with E-state index in [0.29, 0.717) is 0 Å². The van der Waals surface area contributed by atoms with E-state index >= 15 is 0 Å². The van der Waals surface area contributed by atoms with E-state index in [9.17, 15) is 0 Å². The van der Waals surface area contributed by atoms with Crippen LogP contribution in [-0.2, 0) is 0 Å². The Morgan fingerprint density at radius 3 is 2.93 bits per heavy atom. The summed E-state index contributed by atoms with van der Waals surface area (Å²) in [4.78, 5) is 8.90. The maximum Gasteiger partial charge on any atom is 0.0708 e. The van der Waals surface area contributed by atoms with Crippen molar-refractivity contribution in [3.63, 3.8) is 0 Å². The van der Waals surface area contributed by atoms with Gasteiger partial charge in [-0.2, -0.15) is 0 Å². The van der Waals surface area contributed by atoms with Gasteiger partial charge in [0.1, 0.15) is 0 Å². The third-order valence-electron chi connectivity index (χ3n) is 2.83. The molecule has 15 heavy (non-hydrogen) atoms. The smallest absolute Gasteiger partial charge is 0.0708 e. The predicted molar refractivity (Wildman–Crippen MR) is 62.4 cm³/mol. The lowest BCUT2D eigenvalue weighted by atomic mass is 10.0. The first-order valence-electron chi connectivity index (χ1n) is 5.32. The van der Waals surface area contributed by atoms with Gasteiger partial charge in [0.25, 0.3) is 0 Å². The van der Waals surface area contributed by atoms with Gasteiger partial charge < -0.3 is 0 Å². The number of aromatic nitrogens is 1. The molecule has 1 aromatic heterocycles. The van der Waals surface area contributed by atoms with E-state index in [1.807, 2.05) is 18.3 Å². The fourth-order valence-corrected chi connectivity index (χ4v) is 2.11. The van der Waals surface area contributed by atoms with Crippen molar-refractivity contribution in [2.24, 2.45) is 4.99 Å². The topological polar surface area (TPSA) is 25.2 Å². The van der Waals surface area contributed by atoms with Crippen LogP contribution in [0.15, 0.2) is 41.5 Å². The highest BCUT2D eigenvalue weighted by molar-refractivity contribution is 6.10. The van der Waals surface area contributed by atoms with Crippen molar-refractivity contribution in [2.75, 3.05) is 6.54 Å². The molecule has 0 spiro atoms. The van der Waals surface area contributed by atoms with Crippen LogP contribution in [-0.4, -0.2) is 17.2 Å². The molecule has 0 fully saturated rings. The number of pyridine rings is 1. The van der Waals surface area contributed by atoms with Crippen LogP contribution in [0, 0.1) is 0 Å². The Kier molecular flexibility index (Phi) is 1.98. The summed E-state index contributed by atoms with van der Waals surface area (Å²) in [5, 5.41) is 1.22. The first kappa shape index (κ1) is 8.60. The summed E-state index contributed by atoms with van der Waals surface area (Å²) in [7, 11) is 0. The molecule has 2 aromatic rings. The zero-order valence-electron chi connectivity index (χ0n) is 8.48. The number of fused-ring (bicyclic) bond motifs is 1. The highest BCUT2D eigenvalue weighted by atomic mass is 14.8. The number of rotatable bonds is 1. The molecule has 0 radical (unpaired) electrons. The van der Waals surface area contributed by atoms with Crippen LogP contribution in [0.2, 0.25) is 0 Å². The average molecular weight is 196 g/mol. The molecule has 1 aliphatic heterocycles. The summed E-state index contributed by atoms with van der Waals surface area (Å²) in [5.41, 5.74) is 3.57. The summed E-state index contributed by atoms with van der Waals surface area (Å²) in [5.74, 6) is 0. The molecule has 0 aliphatic carbocycles. The van der Waals surface area contributed by atoms with Crippen LogP contribution in [0.3, 0.4) is 0 Å². The Morgan fingerprint density at radius 2 is 2.07 bits per heavy atom. The summed E-state index contributed by atoms with van der Waals surface area (Å²) >= 11 is 0. The summed E-state index contributed by atoms with van der Waals surface area (Å²) in [6.45, 7) is 0.978. The van der Waals surface area contributed by atoms with Crippen molar-refractivity contribution in [2.45, 2.75) is 12.8 Å². The third-order valence-corrected chi connectivity index (χ3v) is 2.83. The van der Waals surface area contributed by atoms with Gasteiger partial charge in [0.2, 0.25) is 0 Å². The normalized spacial score (nSPS) is 15.6. The number of hydrogen-bond acceptors (Lipinski definition) is 2. The van der Waals surface area contributed by atoms with Crippen LogP contribution in [0.4, 0.5) is 0 Å². The number of aliphatic imine (C=N–C) groups is 1. The second-order valence-corrected chi connectivity index (χ2v) is 3.81. The van der Waals surface area contributed by atoms with Crippen LogP contribution in [0.25, 0.3) is 10.9 Å². The van der Waals surface area contributed by atoms with Gasteiger partial charge in [-0.15, -0.1) is 0 Å². The summed E-state index contributed by atoms with van der Waals surface area (Å²) in [6.07, 6.45) is 4.13. The van der Waals surface area contributed by atoms with Gasteiger partial charge in [0.05, 0.1) is 5.52 Å². The van der Waals surface area contributed by atoms with E-state index in [1.165, 1.54) is 23.1 Å². The maximum atomic E-state index is 4.54. The zero-order chi connectivity index (χ0) is 10.1. The van der Waals surface area contributed by atoms with Gasteiger partial charge in [-0.1, -0.05) is 18.2 Å². The lowest BCUT2D eigenvalue weighted by Gasteiger charge is -2.04. The van der Waals surface area contributed by atoms with E-state index in [-0.39, 0.29) is 0 Å². The van der Waals surface area contributed by atoms with Gasteiger partial charge in [-0.05, 0) is 25.0 Å². The highest BCUT2D eigenvalue weighted by Gasteiger charge is 2.11. The second-order valence-electron chi connectivity index (χ2n) is 3.81. The molecule has 0 N–H and O–H groups in total. The summed E-state index contributed by atoms with van der Waals surface area (Å²) in [6, 6.07) is 10.4. The molecule has 0 saturated carbocycles. The zero-order valence-corrected chi connectivity index (χ0v) is 8.48. The number of nitrogens with zero attached hydrogens (tertiary/aromatic N) is 2. The summed E-state index contributed by atoms with van der Waals surface area (Å²) < 4.78 is 0. The van der Waals surface area contributed by atoms with Crippen molar-refractivity contribution in [3.05, 3.63) is 42.1 Å². The lowest BCUT2D eigenvalue weighted by Crippen LogP contribution is -1.97. The molecule has 2 heterocycles. The molecule has 0 amide bonds. The Hall–Kier alpha value is -1.70. The van der Waals surface area contributed by atoms with E-state index < -0.39 is 0 Å². The molecule has 1 aromatic carbocycles. The van der Waals surface area contributed by atoms with Gasteiger partial charge in [0.15, 0.2) is 0 Å². The highest BCUT2D eigenvalue weighted by Crippen LogP contribution is 2.21. The average Bonchev–Trinajstić information content (AvgIpc) is 2.82. The van der Waals surface area contributed by atoms with E-state index in [1.54, 1.807) is 0 Å². The quantitative estimate of drug-likeness (QED) is 0.688. The minimum absolute atomic E-state index is 0.978. The van der Waals surface area contributed by atoms with Crippen molar-refractivity contribution >= 4 is 16.6 Å². The Bertz CT molecular complexity index is 524. The number of benzene rings is 1. The van der Waals surface area contributed by atoms with Gasteiger partial charge in [-0.3, -0.25) is 9.98 Å². The number of hydrogen-bond donors (Lipinski definition) is 0. The maximum absolute atomic E-state index is 4.54. The van der Waals surface area contributed by atoms with Crippen LogP contribution in [0.1, 0.15) is 18.4 Å². The van der Waals surface area contributed by atoms with E-state index in [4.69, 9.17) is 0 Å². The van der Waals surface area contributed by atoms with Crippen LogP contribution < -0.4 is 0 Å². The SMILES string of the molecule is c1cc(C2=NCCC2)c2cccnc2c1. The molecule has 1 aliphatic rings. The van der Waals surface area contributed by atoms with Crippen molar-refractivity contribution in [1.29, 1.82) is 0 Å². The molecule has 74 valence electrons. The molecule has 0 atom stereocenters. The molecule has 0 saturated heterocycles. The fraction of sp³-hybridized carbons (Fsp3) is 0.231. The third kappa shape index (κ3) is 1.42. The molecule has 3 rings (SSSR count). The Morgan fingerprint density at radius 1 is 1.07 bits per heavy atom. The minimum atomic E-state index is 0.978. The molecule has 2 heteroatoms. The van der Waals surface area contributed by atoms with Crippen LogP contribution >= 0.6 is 0 Å². The fourth-order valence-electron chi connectivity index (χ4n) is 2.11. The first-order valence-corrected chi connectivity index (χ1v) is 5.32. The standard InChI is InChI=1S/C13H12N2/c1-4-10(13-7-3-9-15-13)11-5-2-8-14-12(11)6-1/h1-2,4-6,8H,3,7,9H2. The van der Waals surface area contributed by atoms with Crippen molar-refractivity contribution in [3.8, 4) is 0 Å². The Labute approximate surface area is 88.7 Å². The van der Waals surface area contributed by atoms with Crippen molar-refractivity contribution in [1.82, 2.24) is 4.98 Å². The van der Waals surface area contributed by atoms with E-state index in [0.717, 1.165) is 18.5 Å². The second kappa shape index (κ2) is 3.46. The first-order chi connectivity index (χ1) is 7.45. The predicted octanol–water partition coefficient (Wildman–Crippen LogP) is 2.82. The molecular formula is C13H12N2. The van der Waals surface area contributed by atoms with Gasteiger partial charge >= 0.3 is 0 Å². The van der Waals surface area contributed by atoms with Gasteiger partial charge in [-0.25, -0.2) is 0 Å².